The molecule has 0 radical (unpaired) electrons. The molecule has 5 rings (SSSR count). The lowest BCUT2D eigenvalue weighted by molar-refractivity contribution is -0.205. The van der Waals surface area contributed by atoms with E-state index in [0.29, 0.717) is 5.56 Å². The number of phenolic OH excluding ortho intramolecular Hbond substituents is 1. The summed E-state index contributed by atoms with van der Waals surface area (Å²) in [5.74, 6) is -8.86. The van der Waals surface area contributed by atoms with Crippen LogP contribution in [0.2, 0.25) is 0 Å². The summed E-state index contributed by atoms with van der Waals surface area (Å²) in [5.41, 5.74) is -0.947. The predicted molar refractivity (Wildman–Crippen MR) is 148 cm³/mol. The van der Waals surface area contributed by atoms with Gasteiger partial charge in [0.25, 0.3) is 0 Å². The zero-order chi connectivity index (χ0) is 29.7. The van der Waals surface area contributed by atoms with E-state index in [2.05, 4.69) is 0 Å². The SMILES string of the molecule is CC(=O)C1C(=O)C(C(C)C)[C@@]2(C)C[C@@]3(C)Cc4c(-c5cc(C)cc(C)c5)ccc(O)c4C(=O)C3C(=O)[C@@]2(O)C1=O. The smallest absolute Gasteiger partial charge is 0.190 e. The van der Waals surface area contributed by atoms with Gasteiger partial charge in [-0.1, -0.05) is 63.1 Å². The fourth-order valence-electron chi connectivity index (χ4n) is 8.54. The van der Waals surface area contributed by atoms with Gasteiger partial charge in [0.2, 0.25) is 0 Å². The van der Waals surface area contributed by atoms with E-state index < -0.39 is 63.1 Å². The fourth-order valence-corrected chi connectivity index (χ4v) is 8.54. The molecule has 6 atom stereocenters. The molecule has 0 spiro atoms. The number of aliphatic hydroxyl groups is 1. The van der Waals surface area contributed by atoms with Gasteiger partial charge in [-0.05, 0) is 67.7 Å². The van der Waals surface area contributed by atoms with E-state index in [-0.39, 0.29) is 30.1 Å². The van der Waals surface area contributed by atoms with Crippen LogP contribution in [0.4, 0.5) is 0 Å². The molecular formula is C33H36O7. The molecule has 3 unspecified atom stereocenters. The van der Waals surface area contributed by atoms with Crippen molar-refractivity contribution in [2.75, 3.05) is 0 Å². The molecule has 210 valence electrons. The topological polar surface area (TPSA) is 126 Å². The summed E-state index contributed by atoms with van der Waals surface area (Å²) < 4.78 is 0. The van der Waals surface area contributed by atoms with Crippen molar-refractivity contribution in [2.24, 2.45) is 34.5 Å². The number of Topliss-reactive ketones (excluding diaryl/α,β-unsaturated/α-hetero) is 5. The minimum absolute atomic E-state index is 0.0162. The van der Waals surface area contributed by atoms with Crippen LogP contribution in [-0.2, 0) is 25.6 Å². The molecule has 7 heteroatoms. The Bertz CT molecular complexity index is 1510. The lowest BCUT2D eigenvalue weighted by Crippen LogP contribution is -2.76. The largest absolute Gasteiger partial charge is 0.507 e. The summed E-state index contributed by atoms with van der Waals surface area (Å²) in [6.45, 7) is 12.0. The number of benzene rings is 2. The standard InChI is InChI=1S/C33H36O7/c1-15(2)25-27(36)23(18(5)34)29(38)33(40)30(39)26-28(37)24-21(13-31(26,6)14-32(25,33)7)20(8-9-22(24)35)19-11-16(3)10-17(4)12-19/h8-12,15,23,25-26,35,40H,13-14H2,1-7H3/t23?,25?,26?,31-,32-,33+/m1/s1. The van der Waals surface area contributed by atoms with Gasteiger partial charge in [-0.2, -0.15) is 0 Å². The van der Waals surface area contributed by atoms with Crippen LogP contribution in [-0.4, -0.2) is 44.7 Å². The Morgan fingerprint density at radius 3 is 2.12 bits per heavy atom. The van der Waals surface area contributed by atoms with Gasteiger partial charge in [-0.3, -0.25) is 24.0 Å². The van der Waals surface area contributed by atoms with Crippen molar-refractivity contribution in [2.45, 2.75) is 66.9 Å². The van der Waals surface area contributed by atoms with Gasteiger partial charge in [-0.25, -0.2) is 0 Å². The molecule has 2 fully saturated rings. The highest BCUT2D eigenvalue weighted by molar-refractivity contribution is 6.32. The highest BCUT2D eigenvalue weighted by Crippen LogP contribution is 2.64. The number of ketones is 5. The zero-order valence-electron chi connectivity index (χ0n) is 24.0. The van der Waals surface area contributed by atoms with E-state index in [1.807, 2.05) is 32.0 Å². The van der Waals surface area contributed by atoms with Crippen LogP contribution in [0.5, 0.6) is 5.75 Å². The quantitative estimate of drug-likeness (QED) is 0.550. The van der Waals surface area contributed by atoms with E-state index in [1.165, 1.54) is 6.07 Å². The van der Waals surface area contributed by atoms with Crippen LogP contribution in [0.25, 0.3) is 11.1 Å². The minimum Gasteiger partial charge on any atom is -0.507 e. The fraction of sp³-hybridized carbons (Fsp3) is 0.485. The van der Waals surface area contributed by atoms with Crippen molar-refractivity contribution < 1.29 is 34.2 Å². The van der Waals surface area contributed by atoms with Crippen LogP contribution in [0.15, 0.2) is 30.3 Å². The Hall–Kier alpha value is -3.45. The molecule has 40 heavy (non-hydrogen) atoms. The summed E-state index contributed by atoms with van der Waals surface area (Å²) in [5, 5.41) is 23.0. The number of phenols is 1. The van der Waals surface area contributed by atoms with Crippen molar-refractivity contribution in [3.8, 4) is 16.9 Å². The maximum absolute atomic E-state index is 14.4. The molecular weight excluding hydrogens is 508 g/mol. The zero-order valence-corrected chi connectivity index (χ0v) is 24.0. The molecule has 0 bridgehead atoms. The summed E-state index contributed by atoms with van der Waals surface area (Å²) in [6.07, 6.45) is 0.251. The number of fused-ring (bicyclic) bond motifs is 3. The van der Waals surface area contributed by atoms with Crippen molar-refractivity contribution in [3.05, 3.63) is 52.6 Å². The third kappa shape index (κ3) is 3.49. The summed E-state index contributed by atoms with van der Waals surface area (Å²) >= 11 is 0. The number of carbonyl (C=O) groups excluding carboxylic acids is 5. The van der Waals surface area contributed by atoms with E-state index in [4.69, 9.17) is 0 Å². The third-order valence-electron chi connectivity index (χ3n) is 9.80. The van der Waals surface area contributed by atoms with Gasteiger partial charge >= 0.3 is 0 Å². The Morgan fingerprint density at radius 1 is 0.975 bits per heavy atom. The third-order valence-corrected chi connectivity index (χ3v) is 9.80. The first kappa shape index (κ1) is 28.1. The number of carbonyl (C=O) groups is 5. The van der Waals surface area contributed by atoms with Crippen LogP contribution in [0.1, 0.15) is 68.1 Å². The highest BCUT2D eigenvalue weighted by Gasteiger charge is 2.76. The van der Waals surface area contributed by atoms with Gasteiger partial charge < -0.3 is 10.2 Å². The Morgan fingerprint density at radius 2 is 1.57 bits per heavy atom. The van der Waals surface area contributed by atoms with Gasteiger partial charge in [0, 0.05) is 11.3 Å². The van der Waals surface area contributed by atoms with Gasteiger partial charge in [0.15, 0.2) is 28.7 Å². The Kier molecular flexibility index (Phi) is 6.16. The van der Waals surface area contributed by atoms with Crippen molar-refractivity contribution in [3.63, 3.8) is 0 Å². The molecule has 2 aromatic carbocycles. The highest BCUT2D eigenvalue weighted by atomic mass is 16.3. The number of hydrogen-bond donors (Lipinski definition) is 2. The Labute approximate surface area is 234 Å². The van der Waals surface area contributed by atoms with E-state index in [1.54, 1.807) is 33.8 Å². The average molecular weight is 545 g/mol. The second-order valence-corrected chi connectivity index (χ2v) is 13.2. The molecule has 7 nitrogen and oxygen atoms in total. The second kappa shape index (κ2) is 8.77. The lowest BCUT2D eigenvalue weighted by atomic mass is 9.40. The molecule has 0 saturated heterocycles. The predicted octanol–water partition coefficient (Wildman–Crippen LogP) is 4.38. The van der Waals surface area contributed by atoms with Gasteiger partial charge in [0.1, 0.15) is 17.5 Å². The molecule has 2 saturated carbocycles. The molecule has 0 aromatic heterocycles. The number of hydrogen-bond acceptors (Lipinski definition) is 7. The van der Waals surface area contributed by atoms with Crippen molar-refractivity contribution in [1.29, 1.82) is 0 Å². The molecule has 2 aromatic rings. The normalized spacial score (nSPS) is 33.5. The summed E-state index contributed by atoms with van der Waals surface area (Å²) in [4.78, 5) is 68.4. The lowest BCUT2D eigenvalue weighted by Gasteiger charge is -2.61. The first-order chi connectivity index (χ1) is 18.5. The first-order valence-corrected chi connectivity index (χ1v) is 13.8. The van der Waals surface area contributed by atoms with E-state index >= 15 is 0 Å². The molecule has 0 amide bonds. The molecule has 0 aliphatic heterocycles. The maximum atomic E-state index is 14.4. The van der Waals surface area contributed by atoms with Crippen LogP contribution >= 0.6 is 0 Å². The van der Waals surface area contributed by atoms with Crippen LogP contribution in [0.3, 0.4) is 0 Å². The summed E-state index contributed by atoms with van der Waals surface area (Å²) in [6, 6.07) is 9.24. The number of aromatic hydroxyl groups is 1. The van der Waals surface area contributed by atoms with Crippen LogP contribution < -0.4 is 0 Å². The minimum atomic E-state index is -2.69. The molecule has 2 N–H and O–H groups in total. The van der Waals surface area contributed by atoms with E-state index in [9.17, 15) is 34.2 Å². The molecule has 3 aliphatic carbocycles. The summed E-state index contributed by atoms with van der Waals surface area (Å²) in [7, 11) is 0. The van der Waals surface area contributed by atoms with Crippen LogP contribution in [0, 0.1) is 48.3 Å². The van der Waals surface area contributed by atoms with Gasteiger partial charge in [-0.15, -0.1) is 0 Å². The first-order valence-electron chi connectivity index (χ1n) is 13.8. The molecule has 0 heterocycles. The van der Waals surface area contributed by atoms with Crippen molar-refractivity contribution in [1.82, 2.24) is 0 Å². The Balaban J connectivity index is 1.75. The van der Waals surface area contributed by atoms with Gasteiger partial charge in [0.05, 0.1) is 11.5 Å². The van der Waals surface area contributed by atoms with E-state index in [0.717, 1.165) is 29.2 Å². The average Bonchev–Trinajstić information content (AvgIpc) is 2.80. The second-order valence-electron chi connectivity index (χ2n) is 13.2. The maximum Gasteiger partial charge on any atom is 0.190 e. The van der Waals surface area contributed by atoms with Crippen molar-refractivity contribution >= 4 is 28.9 Å². The molecule has 3 aliphatic rings. The number of aryl methyl sites for hydroxylation is 2. The number of rotatable bonds is 3. The monoisotopic (exact) mass is 544 g/mol.